The van der Waals surface area contributed by atoms with Crippen LogP contribution in [0.1, 0.15) is 64.0 Å². The van der Waals surface area contributed by atoms with Gasteiger partial charge in [0.15, 0.2) is 6.61 Å². The second-order valence-corrected chi connectivity index (χ2v) is 8.23. The van der Waals surface area contributed by atoms with Crippen molar-refractivity contribution in [2.45, 2.75) is 65.5 Å². The highest BCUT2D eigenvalue weighted by atomic mass is 19.1. The van der Waals surface area contributed by atoms with E-state index in [2.05, 4.69) is 26.1 Å². The van der Waals surface area contributed by atoms with Gasteiger partial charge in [0, 0.05) is 13.1 Å². The molecule has 0 fully saturated rings. The van der Waals surface area contributed by atoms with E-state index in [0.717, 1.165) is 18.4 Å². The molecule has 5 nitrogen and oxygen atoms in total. The smallest absolute Gasteiger partial charge is 0.261 e. The third-order valence-corrected chi connectivity index (χ3v) is 5.39. The fourth-order valence-corrected chi connectivity index (χ4v) is 3.39. The first-order chi connectivity index (χ1) is 15.3. The van der Waals surface area contributed by atoms with E-state index in [1.807, 2.05) is 31.2 Å². The lowest BCUT2D eigenvalue weighted by Crippen LogP contribution is -2.50. The van der Waals surface area contributed by atoms with Gasteiger partial charge in [0.2, 0.25) is 5.91 Å². The van der Waals surface area contributed by atoms with Gasteiger partial charge in [-0.15, -0.1) is 0 Å². The van der Waals surface area contributed by atoms with Crippen molar-refractivity contribution in [3.05, 3.63) is 65.5 Å². The summed E-state index contributed by atoms with van der Waals surface area (Å²) in [5, 5.41) is 2.92. The number of benzene rings is 2. The maximum absolute atomic E-state index is 13.3. The van der Waals surface area contributed by atoms with Crippen LogP contribution in [0.3, 0.4) is 0 Å². The molecule has 6 heteroatoms. The average Bonchev–Trinajstić information content (AvgIpc) is 2.79. The number of halogens is 1. The molecule has 0 radical (unpaired) electrons. The Bertz CT molecular complexity index is 850. The van der Waals surface area contributed by atoms with Gasteiger partial charge in [0.25, 0.3) is 5.91 Å². The van der Waals surface area contributed by atoms with Gasteiger partial charge in [0.1, 0.15) is 17.6 Å². The zero-order valence-corrected chi connectivity index (χ0v) is 19.6. The standard InChI is InChI=1S/C26H35FN2O3/c1-5-7-16-28-26(31)24(6-2)29(17-20-8-12-22(27)13-9-20)25(30)18-32-23-14-10-21(11-15-23)19(3)4/h8-15,19,24H,5-7,16-18H2,1-4H3,(H,28,31)/t24-/m0/s1. The Hall–Kier alpha value is -2.89. The van der Waals surface area contributed by atoms with Crippen LogP contribution in [0, 0.1) is 5.82 Å². The van der Waals surface area contributed by atoms with Gasteiger partial charge >= 0.3 is 0 Å². The minimum atomic E-state index is -0.628. The molecule has 2 aromatic rings. The van der Waals surface area contributed by atoms with Crippen molar-refractivity contribution < 1.29 is 18.7 Å². The third kappa shape index (κ3) is 7.66. The van der Waals surface area contributed by atoms with Crippen molar-refractivity contribution in [2.24, 2.45) is 0 Å². The van der Waals surface area contributed by atoms with Crippen molar-refractivity contribution in [3.63, 3.8) is 0 Å². The summed E-state index contributed by atoms with van der Waals surface area (Å²) >= 11 is 0. The molecule has 2 amide bonds. The highest BCUT2D eigenvalue weighted by Gasteiger charge is 2.28. The molecule has 2 aromatic carbocycles. The SMILES string of the molecule is CCCCNC(=O)[C@H](CC)N(Cc1ccc(F)cc1)C(=O)COc1ccc(C(C)C)cc1. The first-order valence-electron chi connectivity index (χ1n) is 11.4. The molecule has 0 saturated carbocycles. The first kappa shape index (κ1) is 25.4. The van der Waals surface area contributed by atoms with E-state index in [4.69, 9.17) is 4.74 Å². The summed E-state index contributed by atoms with van der Waals surface area (Å²) in [6.07, 6.45) is 2.32. The van der Waals surface area contributed by atoms with E-state index in [9.17, 15) is 14.0 Å². The van der Waals surface area contributed by atoms with Gasteiger partial charge in [-0.05, 0) is 54.2 Å². The molecule has 0 spiro atoms. The number of amides is 2. The molecule has 0 aliphatic carbocycles. The number of nitrogens with one attached hydrogen (secondary N) is 1. The van der Waals surface area contributed by atoms with E-state index in [-0.39, 0.29) is 30.8 Å². The number of rotatable bonds is 12. The lowest BCUT2D eigenvalue weighted by Gasteiger charge is -2.30. The molecule has 0 aliphatic heterocycles. The normalized spacial score (nSPS) is 11.8. The largest absolute Gasteiger partial charge is 0.484 e. The number of carbonyl (C=O) groups excluding carboxylic acids is 2. The van der Waals surface area contributed by atoms with Crippen molar-refractivity contribution in [1.29, 1.82) is 0 Å². The summed E-state index contributed by atoms with van der Waals surface area (Å²) in [5.74, 6) is 0.194. The highest BCUT2D eigenvalue weighted by Crippen LogP contribution is 2.19. The second kappa shape index (κ2) is 12.8. The summed E-state index contributed by atoms with van der Waals surface area (Å²) < 4.78 is 19.1. The van der Waals surface area contributed by atoms with E-state index in [1.54, 1.807) is 12.1 Å². The first-order valence-corrected chi connectivity index (χ1v) is 11.4. The Morgan fingerprint density at radius 3 is 2.25 bits per heavy atom. The summed E-state index contributed by atoms with van der Waals surface area (Å²) in [6, 6.07) is 13.0. The molecule has 0 saturated heterocycles. The minimum absolute atomic E-state index is 0.180. The van der Waals surface area contributed by atoms with Crippen LogP contribution in [0.2, 0.25) is 0 Å². The van der Waals surface area contributed by atoms with E-state index in [0.29, 0.717) is 24.6 Å². The Morgan fingerprint density at radius 1 is 1.03 bits per heavy atom. The van der Waals surface area contributed by atoms with Gasteiger partial charge in [-0.25, -0.2) is 4.39 Å². The number of nitrogens with zero attached hydrogens (tertiary/aromatic N) is 1. The fraction of sp³-hybridized carbons (Fsp3) is 0.462. The van der Waals surface area contributed by atoms with Crippen LogP contribution in [0.25, 0.3) is 0 Å². The van der Waals surface area contributed by atoms with Crippen LogP contribution in [-0.2, 0) is 16.1 Å². The third-order valence-electron chi connectivity index (χ3n) is 5.39. The maximum Gasteiger partial charge on any atom is 0.261 e. The molecule has 32 heavy (non-hydrogen) atoms. The zero-order chi connectivity index (χ0) is 23.5. The lowest BCUT2D eigenvalue weighted by molar-refractivity contribution is -0.143. The van der Waals surface area contributed by atoms with Crippen LogP contribution in [0.4, 0.5) is 4.39 Å². The topological polar surface area (TPSA) is 58.6 Å². The number of carbonyl (C=O) groups is 2. The van der Waals surface area contributed by atoms with Gasteiger partial charge < -0.3 is 15.0 Å². The number of ether oxygens (including phenoxy) is 1. The summed E-state index contributed by atoms with van der Waals surface area (Å²) in [5.41, 5.74) is 1.94. The molecule has 0 heterocycles. The minimum Gasteiger partial charge on any atom is -0.484 e. The molecule has 0 bridgehead atoms. The molecule has 1 atom stereocenters. The molecule has 0 aliphatic rings. The highest BCUT2D eigenvalue weighted by molar-refractivity contribution is 5.88. The summed E-state index contributed by atoms with van der Waals surface area (Å²) in [7, 11) is 0. The van der Waals surface area contributed by atoms with E-state index < -0.39 is 6.04 Å². The molecule has 174 valence electrons. The molecular formula is C26H35FN2O3. The predicted molar refractivity (Wildman–Crippen MR) is 125 cm³/mol. The predicted octanol–water partition coefficient (Wildman–Crippen LogP) is 5.05. The lowest BCUT2D eigenvalue weighted by atomic mass is 10.0. The Labute approximate surface area is 191 Å². The number of hydrogen-bond acceptors (Lipinski definition) is 3. The van der Waals surface area contributed by atoms with Crippen LogP contribution in [0.5, 0.6) is 5.75 Å². The van der Waals surface area contributed by atoms with Crippen molar-refractivity contribution in [1.82, 2.24) is 10.2 Å². The average molecular weight is 443 g/mol. The van der Waals surface area contributed by atoms with Crippen molar-refractivity contribution in [2.75, 3.05) is 13.2 Å². The maximum atomic E-state index is 13.3. The number of unbranched alkanes of at least 4 members (excludes halogenated alkanes) is 1. The van der Waals surface area contributed by atoms with Gasteiger partial charge in [-0.1, -0.05) is 58.4 Å². The van der Waals surface area contributed by atoms with Crippen LogP contribution in [0.15, 0.2) is 48.5 Å². The van der Waals surface area contributed by atoms with Crippen LogP contribution in [-0.4, -0.2) is 35.9 Å². The quantitative estimate of drug-likeness (QED) is 0.468. The zero-order valence-electron chi connectivity index (χ0n) is 19.6. The Kier molecular flexibility index (Phi) is 10.2. The Morgan fingerprint density at radius 2 is 1.69 bits per heavy atom. The molecular weight excluding hydrogens is 407 g/mol. The van der Waals surface area contributed by atoms with Crippen molar-refractivity contribution >= 4 is 11.8 Å². The van der Waals surface area contributed by atoms with Gasteiger partial charge in [0.05, 0.1) is 0 Å². The summed E-state index contributed by atoms with van der Waals surface area (Å²) in [6.45, 7) is 8.75. The van der Waals surface area contributed by atoms with Gasteiger partial charge in [-0.2, -0.15) is 0 Å². The number of hydrogen-bond donors (Lipinski definition) is 1. The van der Waals surface area contributed by atoms with Crippen molar-refractivity contribution in [3.8, 4) is 5.75 Å². The molecule has 0 aromatic heterocycles. The van der Waals surface area contributed by atoms with Gasteiger partial charge in [-0.3, -0.25) is 9.59 Å². The van der Waals surface area contributed by atoms with Crippen LogP contribution >= 0.6 is 0 Å². The van der Waals surface area contributed by atoms with Crippen LogP contribution < -0.4 is 10.1 Å². The fourth-order valence-electron chi connectivity index (χ4n) is 3.39. The monoisotopic (exact) mass is 442 g/mol. The summed E-state index contributed by atoms with van der Waals surface area (Å²) in [4.78, 5) is 27.5. The molecule has 1 N–H and O–H groups in total. The molecule has 0 unspecified atom stereocenters. The molecule has 2 rings (SSSR count). The second-order valence-electron chi connectivity index (χ2n) is 8.23. The van der Waals surface area contributed by atoms with E-state index in [1.165, 1.54) is 22.6 Å². The Balaban J connectivity index is 2.14. The van der Waals surface area contributed by atoms with E-state index >= 15 is 0 Å².